The third-order valence-electron chi connectivity index (χ3n) is 3.81. The summed E-state index contributed by atoms with van der Waals surface area (Å²) in [5.74, 6) is -1.12. The smallest absolute Gasteiger partial charge is 0.323 e. The Morgan fingerprint density at radius 2 is 2.19 bits per heavy atom. The molecule has 1 aliphatic heterocycles. The zero-order chi connectivity index (χ0) is 14.8. The second kappa shape index (κ2) is 5.57. The second-order valence-electron chi connectivity index (χ2n) is 5.22. The summed E-state index contributed by atoms with van der Waals surface area (Å²) in [5.41, 5.74) is 2.10. The first kappa shape index (κ1) is 13.6. The van der Waals surface area contributed by atoms with Gasteiger partial charge in [-0.05, 0) is 18.1 Å². The van der Waals surface area contributed by atoms with Gasteiger partial charge in [0.05, 0.1) is 6.04 Å². The maximum Gasteiger partial charge on any atom is 0.323 e. The lowest BCUT2D eigenvalue weighted by Gasteiger charge is -2.32. The molecule has 3 N–H and O–H groups in total. The van der Waals surface area contributed by atoms with E-state index in [1.165, 1.54) is 4.90 Å². The van der Waals surface area contributed by atoms with Crippen molar-refractivity contribution in [3.05, 3.63) is 36.0 Å². The summed E-state index contributed by atoms with van der Waals surface area (Å²) in [6.45, 7) is 0.826. The van der Waals surface area contributed by atoms with Gasteiger partial charge in [-0.15, -0.1) is 0 Å². The second-order valence-corrected chi connectivity index (χ2v) is 5.22. The number of hydrogen-bond acceptors (Lipinski definition) is 3. The van der Waals surface area contributed by atoms with Crippen molar-refractivity contribution in [2.75, 3.05) is 19.6 Å². The van der Waals surface area contributed by atoms with Crippen molar-refractivity contribution in [2.24, 2.45) is 0 Å². The van der Waals surface area contributed by atoms with E-state index in [-0.39, 0.29) is 18.5 Å². The maximum absolute atomic E-state index is 12.3. The number of carbonyl (C=O) groups excluding carboxylic acids is 1. The highest BCUT2D eigenvalue weighted by Crippen LogP contribution is 2.20. The van der Waals surface area contributed by atoms with Crippen LogP contribution in [0.4, 0.5) is 0 Å². The van der Waals surface area contributed by atoms with Crippen LogP contribution in [-0.2, 0) is 16.0 Å². The number of carboxylic acid groups (broad SMARTS) is 1. The van der Waals surface area contributed by atoms with Crippen molar-refractivity contribution in [1.82, 2.24) is 15.2 Å². The van der Waals surface area contributed by atoms with E-state index in [1.54, 1.807) is 0 Å². The number of benzene rings is 1. The third-order valence-corrected chi connectivity index (χ3v) is 3.81. The Kier molecular flexibility index (Phi) is 3.62. The Bertz CT molecular complexity index is 680. The summed E-state index contributed by atoms with van der Waals surface area (Å²) in [7, 11) is 0. The molecule has 1 amide bonds. The molecule has 1 aromatic heterocycles. The number of piperazine rings is 1. The fraction of sp³-hybridized carbons (Fsp3) is 0.333. The normalized spacial score (nSPS) is 19.1. The minimum Gasteiger partial charge on any atom is -0.480 e. The number of H-pyrrole nitrogens is 1. The molecule has 110 valence electrons. The lowest BCUT2D eigenvalue weighted by atomic mass is 10.0. The van der Waals surface area contributed by atoms with Crippen LogP contribution < -0.4 is 5.32 Å². The topological polar surface area (TPSA) is 85.4 Å². The van der Waals surface area contributed by atoms with E-state index < -0.39 is 5.97 Å². The van der Waals surface area contributed by atoms with E-state index in [0.29, 0.717) is 19.5 Å². The number of amides is 1. The molecule has 0 saturated carbocycles. The number of nitrogens with zero attached hydrogens (tertiary/aromatic N) is 1. The number of aromatic amines is 1. The standard InChI is InChI=1S/C15H17N3O3/c19-14(20)9-18-6-5-16-13(15(18)21)7-10-8-17-12-4-2-1-3-11(10)12/h1-4,8,13,16-17H,5-7,9H2,(H,19,20)/t13-/m0/s1. The summed E-state index contributed by atoms with van der Waals surface area (Å²) < 4.78 is 0. The highest BCUT2D eigenvalue weighted by atomic mass is 16.4. The van der Waals surface area contributed by atoms with Crippen molar-refractivity contribution in [3.63, 3.8) is 0 Å². The molecule has 0 unspecified atom stereocenters. The molecule has 1 aliphatic rings. The molecule has 0 radical (unpaired) electrons. The van der Waals surface area contributed by atoms with E-state index in [0.717, 1.165) is 16.5 Å². The van der Waals surface area contributed by atoms with Gasteiger partial charge in [-0.25, -0.2) is 0 Å². The first-order valence-electron chi connectivity index (χ1n) is 6.94. The van der Waals surface area contributed by atoms with Crippen LogP contribution in [0.15, 0.2) is 30.5 Å². The van der Waals surface area contributed by atoms with E-state index in [9.17, 15) is 9.59 Å². The van der Waals surface area contributed by atoms with Crippen LogP contribution >= 0.6 is 0 Å². The summed E-state index contributed by atoms with van der Waals surface area (Å²) in [5, 5.41) is 13.1. The molecule has 6 nitrogen and oxygen atoms in total. The number of carbonyl (C=O) groups is 2. The largest absolute Gasteiger partial charge is 0.480 e. The van der Waals surface area contributed by atoms with Gasteiger partial charge in [-0.3, -0.25) is 9.59 Å². The molecule has 0 bridgehead atoms. The van der Waals surface area contributed by atoms with Gasteiger partial charge in [0.1, 0.15) is 6.54 Å². The molecule has 0 spiro atoms. The van der Waals surface area contributed by atoms with Gasteiger partial charge < -0.3 is 20.3 Å². The predicted molar refractivity (Wildman–Crippen MR) is 78.0 cm³/mol. The first-order valence-corrected chi connectivity index (χ1v) is 6.94. The molecule has 0 aliphatic carbocycles. The van der Waals surface area contributed by atoms with Crippen LogP contribution in [0.25, 0.3) is 10.9 Å². The van der Waals surface area contributed by atoms with Crippen molar-refractivity contribution in [1.29, 1.82) is 0 Å². The molecule has 1 atom stereocenters. The van der Waals surface area contributed by atoms with Gasteiger partial charge in [0.15, 0.2) is 0 Å². The summed E-state index contributed by atoms with van der Waals surface area (Å²) >= 11 is 0. The molecule has 1 saturated heterocycles. The molecule has 6 heteroatoms. The molecule has 21 heavy (non-hydrogen) atoms. The number of para-hydroxylation sites is 1. The molecular weight excluding hydrogens is 270 g/mol. The number of nitrogens with one attached hydrogen (secondary N) is 2. The molecule has 3 rings (SSSR count). The van der Waals surface area contributed by atoms with E-state index in [1.807, 2.05) is 30.5 Å². The van der Waals surface area contributed by atoms with E-state index in [4.69, 9.17) is 5.11 Å². The van der Waals surface area contributed by atoms with Crippen LogP contribution in [0.3, 0.4) is 0 Å². The molecule has 2 aromatic rings. The minimum absolute atomic E-state index is 0.145. The number of carboxylic acids is 1. The number of fused-ring (bicyclic) bond motifs is 1. The van der Waals surface area contributed by atoms with Crippen LogP contribution in [0.2, 0.25) is 0 Å². The Morgan fingerprint density at radius 1 is 1.38 bits per heavy atom. The van der Waals surface area contributed by atoms with Crippen LogP contribution in [0.5, 0.6) is 0 Å². The van der Waals surface area contributed by atoms with Crippen molar-refractivity contribution in [3.8, 4) is 0 Å². The Morgan fingerprint density at radius 3 is 3.00 bits per heavy atom. The van der Waals surface area contributed by atoms with Crippen LogP contribution in [0.1, 0.15) is 5.56 Å². The first-order chi connectivity index (χ1) is 10.1. The van der Waals surface area contributed by atoms with Gasteiger partial charge in [0.2, 0.25) is 5.91 Å². The van der Waals surface area contributed by atoms with Gasteiger partial charge in [0, 0.05) is 30.2 Å². The lowest BCUT2D eigenvalue weighted by molar-refractivity contribution is -0.146. The summed E-state index contributed by atoms with van der Waals surface area (Å²) in [6.07, 6.45) is 2.47. The monoisotopic (exact) mass is 287 g/mol. The van der Waals surface area contributed by atoms with E-state index in [2.05, 4.69) is 10.3 Å². The van der Waals surface area contributed by atoms with Crippen molar-refractivity contribution in [2.45, 2.75) is 12.5 Å². The lowest BCUT2D eigenvalue weighted by Crippen LogP contribution is -2.56. The zero-order valence-corrected chi connectivity index (χ0v) is 11.5. The van der Waals surface area contributed by atoms with Crippen molar-refractivity contribution >= 4 is 22.8 Å². The zero-order valence-electron chi connectivity index (χ0n) is 11.5. The van der Waals surface area contributed by atoms with Crippen molar-refractivity contribution < 1.29 is 14.7 Å². The number of aliphatic carboxylic acids is 1. The fourth-order valence-electron chi connectivity index (χ4n) is 2.79. The number of aromatic nitrogens is 1. The van der Waals surface area contributed by atoms with Gasteiger partial charge in [-0.1, -0.05) is 18.2 Å². The molecule has 2 heterocycles. The highest BCUT2D eigenvalue weighted by molar-refractivity contribution is 5.88. The molecule has 1 fully saturated rings. The molecular formula is C15H17N3O3. The maximum atomic E-state index is 12.3. The van der Waals surface area contributed by atoms with Crippen LogP contribution in [0, 0.1) is 0 Å². The highest BCUT2D eigenvalue weighted by Gasteiger charge is 2.29. The van der Waals surface area contributed by atoms with E-state index >= 15 is 0 Å². The SMILES string of the molecule is O=C(O)CN1CCN[C@@H](Cc2c[nH]c3ccccc23)C1=O. The average Bonchev–Trinajstić information content (AvgIpc) is 2.86. The quantitative estimate of drug-likeness (QED) is 0.768. The molecule has 1 aromatic carbocycles. The number of rotatable bonds is 4. The number of hydrogen-bond donors (Lipinski definition) is 3. The fourth-order valence-corrected chi connectivity index (χ4v) is 2.79. The summed E-state index contributed by atoms with van der Waals surface area (Å²) in [6, 6.07) is 7.57. The average molecular weight is 287 g/mol. The van der Waals surface area contributed by atoms with Gasteiger partial charge >= 0.3 is 5.97 Å². The van der Waals surface area contributed by atoms with Gasteiger partial charge in [-0.2, -0.15) is 0 Å². The third kappa shape index (κ3) is 2.75. The minimum atomic E-state index is -0.976. The Labute approximate surface area is 121 Å². The Balaban J connectivity index is 1.77. The predicted octanol–water partition coefficient (Wildman–Crippen LogP) is 0.595. The van der Waals surface area contributed by atoms with Crippen LogP contribution in [-0.4, -0.2) is 52.5 Å². The van der Waals surface area contributed by atoms with Gasteiger partial charge in [0.25, 0.3) is 0 Å². The summed E-state index contributed by atoms with van der Waals surface area (Å²) in [4.78, 5) is 27.7. The Hall–Kier alpha value is -2.34.